The maximum Gasteiger partial charge on any atom is 0.0297 e. The van der Waals surface area contributed by atoms with Crippen LogP contribution in [0.1, 0.15) is 42.0 Å². The zero-order chi connectivity index (χ0) is 11.3. The van der Waals surface area contributed by atoms with Crippen molar-refractivity contribution >= 4 is 12.4 Å². The van der Waals surface area contributed by atoms with Gasteiger partial charge in [0.2, 0.25) is 0 Å². The number of nitrogens with two attached hydrogens (primary N) is 2. The van der Waals surface area contributed by atoms with Gasteiger partial charge in [-0.1, -0.05) is 30.2 Å². The molecule has 0 unspecified atom stereocenters. The summed E-state index contributed by atoms with van der Waals surface area (Å²) in [6.07, 6.45) is 3.21. The summed E-state index contributed by atoms with van der Waals surface area (Å²) in [5.41, 5.74) is 15.5. The molecule has 0 amide bonds. The molecule has 0 fully saturated rings. The van der Waals surface area contributed by atoms with Gasteiger partial charge in [0.25, 0.3) is 0 Å². The van der Waals surface area contributed by atoms with Crippen LogP contribution in [0.15, 0.2) is 18.2 Å². The van der Waals surface area contributed by atoms with Gasteiger partial charge in [-0.3, -0.25) is 0 Å². The highest BCUT2D eigenvalue weighted by Crippen LogP contribution is 2.21. The monoisotopic (exact) mass is 242 g/mol. The Balaban J connectivity index is 0.00000225. The Kier molecular flexibility index (Phi) is 7.39. The number of benzene rings is 1. The largest absolute Gasteiger partial charge is 0.330 e. The third kappa shape index (κ3) is 4.52. The Labute approximate surface area is 105 Å². The first-order valence-electron chi connectivity index (χ1n) is 5.68. The fourth-order valence-electron chi connectivity index (χ4n) is 1.82. The lowest BCUT2D eigenvalue weighted by Crippen LogP contribution is -2.12. The van der Waals surface area contributed by atoms with E-state index in [2.05, 4.69) is 32.0 Å². The molecule has 4 N–H and O–H groups in total. The predicted molar refractivity (Wildman–Crippen MR) is 73.0 cm³/mol. The van der Waals surface area contributed by atoms with Crippen LogP contribution in [0.25, 0.3) is 0 Å². The van der Waals surface area contributed by atoms with Crippen LogP contribution in [0.4, 0.5) is 0 Å². The minimum Gasteiger partial charge on any atom is -0.330 e. The zero-order valence-electron chi connectivity index (χ0n) is 10.2. The molecule has 0 radical (unpaired) electrons. The van der Waals surface area contributed by atoms with Crippen LogP contribution < -0.4 is 11.5 Å². The molecule has 16 heavy (non-hydrogen) atoms. The van der Waals surface area contributed by atoms with Gasteiger partial charge in [0, 0.05) is 6.04 Å². The number of hydrogen-bond donors (Lipinski definition) is 2. The SMILES string of the molecule is Cc1ccc(C)c([C@@H](N)CCCCN)c1.Cl. The van der Waals surface area contributed by atoms with Gasteiger partial charge in [0.05, 0.1) is 0 Å². The van der Waals surface area contributed by atoms with Crippen molar-refractivity contribution in [3.63, 3.8) is 0 Å². The second kappa shape index (κ2) is 7.66. The first-order chi connectivity index (χ1) is 7.15. The first-order valence-corrected chi connectivity index (χ1v) is 5.68. The minimum atomic E-state index is 0. The Morgan fingerprint density at radius 2 is 1.88 bits per heavy atom. The molecule has 0 saturated carbocycles. The highest BCUT2D eigenvalue weighted by molar-refractivity contribution is 5.85. The number of aryl methyl sites for hydroxylation is 2. The van der Waals surface area contributed by atoms with Crippen molar-refractivity contribution in [3.05, 3.63) is 34.9 Å². The lowest BCUT2D eigenvalue weighted by Gasteiger charge is -2.15. The van der Waals surface area contributed by atoms with Crippen LogP contribution >= 0.6 is 12.4 Å². The molecule has 0 heterocycles. The number of hydrogen-bond acceptors (Lipinski definition) is 2. The van der Waals surface area contributed by atoms with E-state index in [0.29, 0.717) is 0 Å². The van der Waals surface area contributed by atoms with Crippen molar-refractivity contribution in [1.82, 2.24) is 0 Å². The second-order valence-electron chi connectivity index (χ2n) is 4.25. The molecule has 92 valence electrons. The van der Waals surface area contributed by atoms with Crippen LogP contribution in [-0.4, -0.2) is 6.54 Å². The maximum absolute atomic E-state index is 6.16. The van der Waals surface area contributed by atoms with Gasteiger partial charge < -0.3 is 11.5 Å². The molecule has 0 spiro atoms. The molecule has 2 nitrogen and oxygen atoms in total. The summed E-state index contributed by atoms with van der Waals surface area (Å²) in [6, 6.07) is 6.64. The molecular weight excluding hydrogens is 220 g/mol. The summed E-state index contributed by atoms with van der Waals surface area (Å²) in [7, 11) is 0. The predicted octanol–water partition coefficient (Wildman–Crippen LogP) is 2.85. The van der Waals surface area contributed by atoms with Crippen LogP contribution in [0.3, 0.4) is 0 Å². The lowest BCUT2D eigenvalue weighted by molar-refractivity contribution is 0.588. The number of rotatable bonds is 5. The fraction of sp³-hybridized carbons (Fsp3) is 0.538. The van der Waals surface area contributed by atoms with Gasteiger partial charge >= 0.3 is 0 Å². The van der Waals surface area contributed by atoms with Crippen LogP contribution in [0.5, 0.6) is 0 Å². The molecule has 0 bridgehead atoms. The van der Waals surface area contributed by atoms with Crippen LogP contribution in [0, 0.1) is 13.8 Å². The Morgan fingerprint density at radius 1 is 1.19 bits per heavy atom. The van der Waals surface area contributed by atoms with Crippen molar-refractivity contribution in [2.45, 2.75) is 39.2 Å². The van der Waals surface area contributed by atoms with Crippen molar-refractivity contribution < 1.29 is 0 Å². The van der Waals surface area contributed by atoms with E-state index in [0.717, 1.165) is 25.8 Å². The molecule has 1 aromatic rings. The van der Waals surface area contributed by atoms with E-state index < -0.39 is 0 Å². The maximum atomic E-state index is 6.16. The third-order valence-electron chi connectivity index (χ3n) is 2.80. The van der Waals surface area contributed by atoms with E-state index >= 15 is 0 Å². The minimum absolute atomic E-state index is 0. The van der Waals surface area contributed by atoms with Gasteiger partial charge in [0.1, 0.15) is 0 Å². The van der Waals surface area contributed by atoms with Crippen molar-refractivity contribution in [1.29, 1.82) is 0 Å². The smallest absolute Gasteiger partial charge is 0.0297 e. The first kappa shape index (κ1) is 15.4. The Morgan fingerprint density at radius 3 is 2.50 bits per heavy atom. The topological polar surface area (TPSA) is 52.0 Å². The van der Waals surface area contributed by atoms with Crippen molar-refractivity contribution in [2.24, 2.45) is 11.5 Å². The zero-order valence-corrected chi connectivity index (χ0v) is 11.0. The second-order valence-corrected chi connectivity index (χ2v) is 4.25. The summed E-state index contributed by atoms with van der Waals surface area (Å²) in [4.78, 5) is 0. The van der Waals surface area contributed by atoms with E-state index in [1.54, 1.807) is 0 Å². The van der Waals surface area contributed by atoms with Gasteiger partial charge in [-0.2, -0.15) is 0 Å². The van der Waals surface area contributed by atoms with Gasteiger partial charge in [-0.15, -0.1) is 12.4 Å². The van der Waals surface area contributed by atoms with E-state index in [4.69, 9.17) is 11.5 Å². The molecule has 0 saturated heterocycles. The van der Waals surface area contributed by atoms with E-state index in [9.17, 15) is 0 Å². The molecule has 0 aromatic heterocycles. The molecule has 1 rings (SSSR count). The van der Waals surface area contributed by atoms with Gasteiger partial charge in [-0.05, 0) is 44.4 Å². The van der Waals surface area contributed by atoms with E-state index in [1.807, 2.05) is 0 Å². The van der Waals surface area contributed by atoms with Gasteiger partial charge in [-0.25, -0.2) is 0 Å². The molecule has 1 atom stereocenters. The highest BCUT2D eigenvalue weighted by atomic mass is 35.5. The van der Waals surface area contributed by atoms with E-state index in [-0.39, 0.29) is 18.4 Å². The standard InChI is InChI=1S/C13H22N2.ClH/c1-10-6-7-11(2)12(9-10)13(15)5-3-4-8-14;/h6-7,9,13H,3-5,8,14-15H2,1-2H3;1H/t13-;/m0./s1. The number of unbranched alkanes of at least 4 members (excludes halogenated alkanes) is 1. The highest BCUT2D eigenvalue weighted by Gasteiger charge is 2.08. The van der Waals surface area contributed by atoms with Crippen molar-refractivity contribution in [3.8, 4) is 0 Å². The number of halogens is 1. The summed E-state index contributed by atoms with van der Waals surface area (Å²) in [5, 5.41) is 0. The Bertz CT molecular complexity index is 313. The normalized spacial score (nSPS) is 12.0. The molecule has 3 heteroatoms. The van der Waals surface area contributed by atoms with E-state index in [1.165, 1.54) is 16.7 Å². The fourth-order valence-corrected chi connectivity index (χ4v) is 1.82. The average Bonchev–Trinajstić information content (AvgIpc) is 2.22. The molecule has 1 aromatic carbocycles. The summed E-state index contributed by atoms with van der Waals surface area (Å²) < 4.78 is 0. The average molecular weight is 243 g/mol. The molecule has 0 aliphatic rings. The molecule has 0 aliphatic carbocycles. The summed E-state index contributed by atoms with van der Waals surface area (Å²) in [6.45, 7) is 4.99. The quantitative estimate of drug-likeness (QED) is 0.781. The lowest BCUT2D eigenvalue weighted by atomic mass is 9.96. The van der Waals surface area contributed by atoms with Crippen molar-refractivity contribution in [2.75, 3.05) is 6.54 Å². The summed E-state index contributed by atoms with van der Waals surface area (Å²) in [5.74, 6) is 0. The molecule has 0 aliphatic heterocycles. The Hall–Kier alpha value is -0.570. The third-order valence-corrected chi connectivity index (χ3v) is 2.80. The van der Waals surface area contributed by atoms with Crippen LogP contribution in [0.2, 0.25) is 0 Å². The molecular formula is C13H23ClN2. The summed E-state index contributed by atoms with van der Waals surface area (Å²) >= 11 is 0. The van der Waals surface area contributed by atoms with Gasteiger partial charge in [0.15, 0.2) is 0 Å². The van der Waals surface area contributed by atoms with Crippen LogP contribution in [-0.2, 0) is 0 Å².